The van der Waals surface area contributed by atoms with Gasteiger partial charge in [-0.1, -0.05) is 0 Å². The summed E-state index contributed by atoms with van der Waals surface area (Å²) in [6.45, 7) is 2.64. The molecule has 0 radical (unpaired) electrons. The number of amides is 1. The van der Waals surface area contributed by atoms with Gasteiger partial charge in [-0.15, -0.1) is 0 Å². The summed E-state index contributed by atoms with van der Waals surface area (Å²) in [5, 5.41) is 0. The molecule has 1 aromatic rings. The zero-order valence-corrected chi connectivity index (χ0v) is 10.8. The number of rotatable bonds is 1. The molecule has 102 valence electrons. The normalized spacial score (nSPS) is 22.2. The zero-order chi connectivity index (χ0) is 13.2. The highest BCUT2D eigenvalue weighted by Gasteiger charge is 2.25. The van der Waals surface area contributed by atoms with Crippen molar-refractivity contribution in [2.75, 3.05) is 26.3 Å². The molecule has 1 aromatic carbocycles. The summed E-state index contributed by atoms with van der Waals surface area (Å²) in [6, 6.07) is 5.47. The van der Waals surface area contributed by atoms with Crippen LogP contribution in [0.25, 0.3) is 0 Å². The average Bonchev–Trinajstić information content (AvgIpc) is 2.72. The molecule has 19 heavy (non-hydrogen) atoms. The van der Waals surface area contributed by atoms with Gasteiger partial charge in [0.15, 0.2) is 11.5 Å². The number of nitrogens with two attached hydrogens (primary N) is 1. The highest BCUT2D eigenvalue weighted by Crippen LogP contribution is 2.31. The van der Waals surface area contributed by atoms with Gasteiger partial charge in [0.2, 0.25) is 0 Å². The second-order valence-corrected chi connectivity index (χ2v) is 5.01. The Bertz CT molecular complexity index is 490. The number of carbonyl (C=O) groups excluding carboxylic acids is 1. The standard InChI is InChI=1S/C14H18N2O3/c15-11-4-5-16(9-11)14(17)10-2-3-12-13(8-10)19-7-1-6-18-12/h2-3,8,11H,1,4-7,9,15H2/t11-/m1/s1. The molecule has 1 amide bonds. The van der Waals surface area contributed by atoms with Crippen LogP contribution in [0.4, 0.5) is 0 Å². The van der Waals surface area contributed by atoms with Crippen LogP contribution in [0.1, 0.15) is 23.2 Å². The van der Waals surface area contributed by atoms with E-state index in [1.807, 2.05) is 6.07 Å². The van der Waals surface area contributed by atoms with E-state index in [0.717, 1.165) is 19.4 Å². The van der Waals surface area contributed by atoms with Crippen LogP contribution < -0.4 is 15.2 Å². The van der Waals surface area contributed by atoms with Crippen LogP contribution in [-0.4, -0.2) is 43.2 Å². The van der Waals surface area contributed by atoms with E-state index in [-0.39, 0.29) is 11.9 Å². The molecule has 0 unspecified atom stereocenters. The van der Waals surface area contributed by atoms with E-state index in [1.54, 1.807) is 17.0 Å². The molecule has 5 heteroatoms. The number of ether oxygens (including phenoxy) is 2. The van der Waals surface area contributed by atoms with E-state index >= 15 is 0 Å². The lowest BCUT2D eigenvalue weighted by Gasteiger charge is -2.16. The number of likely N-dealkylation sites (tertiary alicyclic amines) is 1. The Labute approximate surface area is 112 Å². The fourth-order valence-electron chi connectivity index (χ4n) is 2.45. The third-order valence-electron chi connectivity index (χ3n) is 3.51. The highest BCUT2D eigenvalue weighted by molar-refractivity contribution is 5.95. The molecular weight excluding hydrogens is 244 g/mol. The van der Waals surface area contributed by atoms with Crippen molar-refractivity contribution < 1.29 is 14.3 Å². The molecule has 2 aliphatic rings. The second kappa shape index (κ2) is 5.09. The van der Waals surface area contributed by atoms with Gasteiger partial charge < -0.3 is 20.1 Å². The molecule has 2 aliphatic heterocycles. The van der Waals surface area contributed by atoms with Crippen molar-refractivity contribution in [3.05, 3.63) is 23.8 Å². The average molecular weight is 262 g/mol. The largest absolute Gasteiger partial charge is 0.490 e. The van der Waals surface area contributed by atoms with Gasteiger partial charge in [0.05, 0.1) is 13.2 Å². The Kier molecular flexibility index (Phi) is 3.29. The van der Waals surface area contributed by atoms with Gasteiger partial charge >= 0.3 is 0 Å². The fraction of sp³-hybridized carbons (Fsp3) is 0.500. The lowest BCUT2D eigenvalue weighted by Crippen LogP contribution is -2.31. The Morgan fingerprint density at radius 1 is 1.26 bits per heavy atom. The minimum Gasteiger partial charge on any atom is -0.490 e. The summed E-state index contributed by atoms with van der Waals surface area (Å²) in [7, 11) is 0. The maximum Gasteiger partial charge on any atom is 0.254 e. The van der Waals surface area contributed by atoms with Gasteiger partial charge in [0, 0.05) is 31.1 Å². The van der Waals surface area contributed by atoms with Crippen LogP contribution in [0.15, 0.2) is 18.2 Å². The summed E-state index contributed by atoms with van der Waals surface area (Å²) in [5.41, 5.74) is 6.47. The van der Waals surface area contributed by atoms with Crippen molar-refractivity contribution in [2.24, 2.45) is 5.73 Å². The minimum absolute atomic E-state index is 0.0172. The lowest BCUT2D eigenvalue weighted by molar-refractivity contribution is 0.0790. The molecular formula is C14H18N2O3. The van der Waals surface area contributed by atoms with Crippen molar-refractivity contribution in [1.82, 2.24) is 4.90 Å². The molecule has 0 aromatic heterocycles. The SMILES string of the molecule is N[C@@H]1CCN(C(=O)c2ccc3c(c2)OCCCO3)C1. The molecule has 2 heterocycles. The number of nitrogens with zero attached hydrogens (tertiary/aromatic N) is 1. The van der Waals surface area contributed by atoms with Gasteiger partial charge in [0.25, 0.3) is 5.91 Å². The van der Waals surface area contributed by atoms with Gasteiger partial charge in [-0.05, 0) is 24.6 Å². The molecule has 2 N–H and O–H groups in total. The Morgan fingerprint density at radius 3 is 2.79 bits per heavy atom. The summed E-state index contributed by atoms with van der Waals surface area (Å²) in [4.78, 5) is 14.1. The molecule has 3 rings (SSSR count). The number of carbonyl (C=O) groups is 1. The van der Waals surface area contributed by atoms with E-state index in [4.69, 9.17) is 15.2 Å². The van der Waals surface area contributed by atoms with Gasteiger partial charge in [-0.25, -0.2) is 0 Å². The van der Waals surface area contributed by atoms with E-state index in [9.17, 15) is 4.79 Å². The first-order chi connectivity index (χ1) is 9.24. The van der Waals surface area contributed by atoms with Crippen LogP contribution in [0.3, 0.4) is 0 Å². The quantitative estimate of drug-likeness (QED) is 0.820. The fourth-order valence-corrected chi connectivity index (χ4v) is 2.45. The maximum absolute atomic E-state index is 12.3. The van der Waals surface area contributed by atoms with Gasteiger partial charge in [-0.2, -0.15) is 0 Å². The smallest absolute Gasteiger partial charge is 0.254 e. The van der Waals surface area contributed by atoms with E-state index in [0.29, 0.717) is 36.8 Å². The van der Waals surface area contributed by atoms with Crippen LogP contribution in [0.2, 0.25) is 0 Å². The second-order valence-electron chi connectivity index (χ2n) is 5.01. The first-order valence-corrected chi connectivity index (χ1v) is 6.68. The first kappa shape index (κ1) is 12.3. The van der Waals surface area contributed by atoms with Crippen LogP contribution in [0.5, 0.6) is 11.5 Å². The van der Waals surface area contributed by atoms with Gasteiger partial charge in [0.1, 0.15) is 0 Å². The monoisotopic (exact) mass is 262 g/mol. The summed E-state index contributed by atoms with van der Waals surface area (Å²) in [5.74, 6) is 1.39. The van der Waals surface area contributed by atoms with Crippen molar-refractivity contribution in [3.63, 3.8) is 0 Å². The molecule has 0 aliphatic carbocycles. The predicted octanol–water partition coefficient (Wildman–Crippen LogP) is 1.02. The molecule has 1 saturated heterocycles. The predicted molar refractivity (Wildman–Crippen MR) is 70.5 cm³/mol. The van der Waals surface area contributed by atoms with Crippen molar-refractivity contribution in [3.8, 4) is 11.5 Å². The van der Waals surface area contributed by atoms with Crippen LogP contribution >= 0.6 is 0 Å². The Balaban J connectivity index is 1.81. The lowest BCUT2D eigenvalue weighted by atomic mass is 10.1. The zero-order valence-electron chi connectivity index (χ0n) is 10.8. The minimum atomic E-state index is 0.0172. The molecule has 1 fully saturated rings. The molecule has 5 nitrogen and oxygen atoms in total. The van der Waals surface area contributed by atoms with Crippen molar-refractivity contribution in [1.29, 1.82) is 0 Å². The molecule has 0 spiro atoms. The Morgan fingerprint density at radius 2 is 2.05 bits per heavy atom. The summed E-state index contributed by atoms with van der Waals surface area (Å²) >= 11 is 0. The molecule has 0 saturated carbocycles. The van der Waals surface area contributed by atoms with E-state index in [2.05, 4.69) is 0 Å². The summed E-state index contributed by atoms with van der Waals surface area (Å²) in [6.07, 6.45) is 1.73. The van der Waals surface area contributed by atoms with Crippen LogP contribution in [-0.2, 0) is 0 Å². The summed E-state index contributed by atoms with van der Waals surface area (Å²) < 4.78 is 11.2. The van der Waals surface area contributed by atoms with Crippen molar-refractivity contribution in [2.45, 2.75) is 18.9 Å². The van der Waals surface area contributed by atoms with Crippen LogP contribution in [0, 0.1) is 0 Å². The third kappa shape index (κ3) is 2.51. The third-order valence-corrected chi connectivity index (χ3v) is 3.51. The molecule has 1 atom stereocenters. The number of hydrogen-bond donors (Lipinski definition) is 1. The van der Waals surface area contributed by atoms with E-state index in [1.165, 1.54) is 0 Å². The Hall–Kier alpha value is -1.75. The molecule has 0 bridgehead atoms. The van der Waals surface area contributed by atoms with Crippen molar-refractivity contribution >= 4 is 5.91 Å². The first-order valence-electron chi connectivity index (χ1n) is 6.68. The number of benzene rings is 1. The number of fused-ring (bicyclic) bond motifs is 1. The number of hydrogen-bond acceptors (Lipinski definition) is 4. The highest BCUT2D eigenvalue weighted by atomic mass is 16.5. The van der Waals surface area contributed by atoms with Gasteiger partial charge in [-0.3, -0.25) is 4.79 Å². The maximum atomic E-state index is 12.3. The topological polar surface area (TPSA) is 64.8 Å². The van der Waals surface area contributed by atoms with E-state index < -0.39 is 0 Å².